The SMILES string of the molecule is CC/C=C/C/C=C/C/C=C/CCCCCCCCC(=O)OC(COCCC(C(=O)[O-])[N+](C)(C)C)COC(=O)CC/C=C/CCCCC. The van der Waals surface area contributed by atoms with Gasteiger partial charge in [0.2, 0.25) is 0 Å². The van der Waals surface area contributed by atoms with Crippen LogP contribution in [0.2, 0.25) is 0 Å². The zero-order chi connectivity index (χ0) is 35.0. The lowest BCUT2D eigenvalue weighted by molar-refractivity contribution is -0.889. The molecule has 0 saturated carbocycles. The van der Waals surface area contributed by atoms with Gasteiger partial charge >= 0.3 is 11.9 Å². The van der Waals surface area contributed by atoms with Crippen molar-refractivity contribution in [2.45, 2.75) is 142 Å². The van der Waals surface area contributed by atoms with E-state index in [1.54, 1.807) is 21.1 Å². The molecule has 0 aliphatic rings. The van der Waals surface area contributed by atoms with E-state index in [2.05, 4.69) is 56.4 Å². The van der Waals surface area contributed by atoms with E-state index in [1.807, 2.05) is 6.08 Å². The summed E-state index contributed by atoms with van der Waals surface area (Å²) in [6.45, 7) is 4.40. The summed E-state index contributed by atoms with van der Waals surface area (Å²) in [7, 11) is 5.37. The zero-order valence-corrected chi connectivity index (χ0v) is 30.4. The van der Waals surface area contributed by atoms with Crippen molar-refractivity contribution < 1.29 is 38.2 Å². The number of likely N-dealkylation sites (N-methyl/N-ethyl adjacent to an activating group) is 1. The number of carboxylic acid groups (broad SMARTS) is 1. The molecular weight excluding hydrogens is 594 g/mol. The molecule has 0 saturated heterocycles. The summed E-state index contributed by atoms with van der Waals surface area (Å²) < 4.78 is 16.9. The van der Waals surface area contributed by atoms with Crippen LogP contribution in [-0.2, 0) is 28.6 Å². The highest BCUT2D eigenvalue weighted by atomic mass is 16.6. The van der Waals surface area contributed by atoms with Gasteiger partial charge in [-0.1, -0.05) is 101 Å². The van der Waals surface area contributed by atoms with E-state index in [4.69, 9.17) is 14.2 Å². The minimum absolute atomic E-state index is 0.0221. The molecule has 2 unspecified atom stereocenters. The van der Waals surface area contributed by atoms with Crippen LogP contribution < -0.4 is 5.11 Å². The van der Waals surface area contributed by atoms with Gasteiger partial charge in [0.1, 0.15) is 12.6 Å². The summed E-state index contributed by atoms with van der Waals surface area (Å²) in [5.74, 6) is -1.83. The lowest BCUT2D eigenvalue weighted by atomic mass is 10.1. The van der Waals surface area contributed by atoms with Gasteiger partial charge in [0.15, 0.2) is 6.10 Å². The van der Waals surface area contributed by atoms with Crippen molar-refractivity contribution in [1.82, 2.24) is 0 Å². The molecule has 47 heavy (non-hydrogen) atoms. The summed E-state index contributed by atoms with van der Waals surface area (Å²) >= 11 is 0. The number of carbonyl (C=O) groups is 3. The highest BCUT2D eigenvalue weighted by Gasteiger charge is 2.25. The molecule has 2 atom stereocenters. The fourth-order valence-electron chi connectivity index (χ4n) is 4.86. The smallest absolute Gasteiger partial charge is 0.306 e. The van der Waals surface area contributed by atoms with Crippen LogP contribution in [0.15, 0.2) is 48.6 Å². The Bertz CT molecular complexity index is 917. The molecule has 0 bridgehead atoms. The van der Waals surface area contributed by atoms with Gasteiger partial charge in [0, 0.05) is 19.3 Å². The number of carbonyl (C=O) groups excluding carboxylic acids is 3. The zero-order valence-electron chi connectivity index (χ0n) is 30.4. The van der Waals surface area contributed by atoms with Gasteiger partial charge in [-0.25, -0.2) is 0 Å². The number of nitrogens with zero attached hydrogens (tertiary/aromatic N) is 1. The number of carboxylic acids is 1. The Morgan fingerprint density at radius 3 is 1.87 bits per heavy atom. The normalized spacial score (nSPS) is 13.6. The number of hydrogen-bond acceptors (Lipinski definition) is 7. The fourth-order valence-corrected chi connectivity index (χ4v) is 4.86. The Morgan fingerprint density at radius 2 is 1.23 bits per heavy atom. The molecule has 270 valence electrons. The lowest BCUT2D eigenvalue weighted by Gasteiger charge is -2.34. The number of aliphatic carboxylic acids is 1. The van der Waals surface area contributed by atoms with Crippen molar-refractivity contribution in [2.24, 2.45) is 0 Å². The van der Waals surface area contributed by atoms with Crippen molar-refractivity contribution in [2.75, 3.05) is 41.0 Å². The number of ether oxygens (including phenoxy) is 3. The van der Waals surface area contributed by atoms with Crippen LogP contribution in [-0.4, -0.2) is 75.5 Å². The molecule has 0 aliphatic heterocycles. The Hall–Kier alpha value is -2.71. The highest BCUT2D eigenvalue weighted by Crippen LogP contribution is 2.12. The van der Waals surface area contributed by atoms with E-state index < -0.39 is 18.1 Å². The van der Waals surface area contributed by atoms with Gasteiger partial charge in [0.25, 0.3) is 0 Å². The monoisotopic (exact) mass is 661 g/mol. The molecule has 0 amide bonds. The largest absolute Gasteiger partial charge is 0.544 e. The minimum atomic E-state index is -1.14. The maximum atomic E-state index is 12.6. The Kier molecular flexibility index (Phi) is 28.8. The topological polar surface area (TPSA) is 102 Å². The third-order valence-electron chi connectivity index (χ3n) is 7.71. The molecular formula is C39H67NO7. The van der Waals surface area contributed by atoms with Crippen LogP contribution in [0.4, 0.5) is 0 Å². The number of unbranched alkanes of at least 4 members (excludes halogenated alkanes) is 9. The Morgan fingerprint density at radius 1 is 0.660 bits per heavy atom. The maximum absolute atomic E-state index is 12.6. The molecule has 0 radical (unpaired) electrons. The van der Waals surface area contributed by atoms with Crippen molar-refractivity contribution in [1.29, 1.82) is 0 Å². The predicted molar refractivity (Wildman–Crippen MR) is 189 cm³/mol. The molecule has 0 heterocycles. The van der Waals surface area contributed by atoms with Gasteiger partial charge in [0.05, 0.1) is 40.3 Å². The van der Waals surface area contributed by atoms with Crippen molar-refractivity contribution >= 4 is 17.9 Å². The molecule has 0 aromatic heterocycles. The first-order valence-electron chi connectivity index (χ1n) is 18.2. The summed E-state index contributed by atoms with van der Waals surface area (Å²) in [5, 5.41) is 11.5. The van der Waals surface area contributed by atoms with Crippen LogP contribution >= 0.6 is 0 Å². The molecule has 0 fully saturated rings. The van der Waals surface area contributed by atoms with Crippen molar-refractivity contribution in [3.8, 4) is 0 Å². The van der Waals surface area contributed by atoms with E-state index in [1.165, 1.54) is 25.7 Å². The quantitative estimate of drug-likeness (QED) is 0.0327. The van der Waals surface area contributed by atoms with Crippen LogP contribution in [0, 0.1) is 0 Å². The van der Waals surface area contributed by atoms with E-state index in [0.717, 1.165) is 64.2 Å². The number of hydrogen-bond donors (Lipinski definition) is 0. The average molecular weight is 662 g/mol. The van der Waals surface area contributed by atoms with Gasteiger partial charge < -0.3 is 28.6 Å². The molecule has 0 aromatic rings. The van der Waals surface area contributed by atoms with E-state index >= 15 is 0 Å². The van der Waals surface area contributed by atoms with E-state index in [-0.39, 0.29) is 49.1 Å². The summed E-state index contributed by atoms with van der Waals surface area (Å²) in [5.41, 5.74) is 0. The molecule has 8 nitrogen and oxygen atoms in total. The van der Waals surface area contributed by atoms with Crippen LogP contribution in [0.25, 0.3) is 0 Å². The van der Waals surface area contributed by atoms with Crippen molar-refractivity contribution in [3.63, 3.8) is 0 Å². The standard InChI is InChI=1S/C39H67NO7/c1-6-8-10-12-14-15-16-17-18-19-20-21-22-24-26-28-30-38(42)47-35(33-45-32-31-36(39(43)44)40(3,4)5)34-46-37(41)29-27-25-23-13-11-9-7-2/h8,10,14-15,17-18,23,25,35-36H,6-7,9,11-13,16,19-22,24,26-34H2,1-5H3/b10-8+,15-14+,18-17+,25-23+. The fraction of sp³-hybridized carbons (Fsp3) is 0.718. The second kappa shape index (κ2) is 30.6. The maximum Gasteiger partial charge on any atom is 0.306 e. The summed E-state index contributed by atoms with van der Waals surface area (Å²) in [6.07, 6.45) is 33.1. The van der Waals surface area contributed by atoms with E-state index in [9.17, 15) is 19.5 Å². The van der Waals surface area contributed by atoms with Gasteiger partial charge in [-0.15, -0.1) is 0 Å². The molecule has 0 N–H and O–H groups in total. The first-order valence-corrected chi connectivity index (χ1v) is 18.2. The highest BCUT2D eigenvalue weighted by molar-refractivity contribution is 5.70. The number of rotatable bonds is 31. The number of quaternary nitrogens is 1. The molecule has 0 spiro atoms. The second-order valence-corrected chi connectivity index (χ2v) is 13.1. The van der Waals surface area contributed by atoms with Gasteiger partial charge in [-0.3, -0.25) is 9.59 Å². The molecule has 0 aliphatic carbocycles. The average Bonchev–Trinajstić information content (AvgIpc) is 3.01. The third kappa shape index (κ3) is 29.2. The molecule has 0 rings (SSSR count). The van der Waals surface area contributed by atoms with E-state index in [0.29, 0.717) is 12.8 Å². The van der Waals surface area contributed by atoms with Crippen LogP contribution in [0.5, 0.6) is 0 Å². The second-order valence-electron chi connectivity index (χ2n) is 13.1. The number of esters is 2. The summed E-state index contributed by atoms with van der Waals surface area (Å²) in [4.78, 5) is 36.4. The van der Waals surface area contributed by atoms with Gasteiger partial charge in [-0.05, 0) is 57.8 Å². The molecule has 0 aromatic carbocycles. The number of allylic oxidation sites excluding steroid dienone is 8. The van der Waals surface area contributed by atoms with Gasteiger partial charge in [-0.2, -0.15) is 0 Å². The van der Waals surface area contributed by atoms with Crippen LogP contribution in [0.3, 0.4) is 0 Å². The third-order valence-corrected chi connectivity index (χ3v) is 7.71. The first-order chi connectivity index (χ1) is 22.6. The first kappa shape index (κ1) is 44.3. The molecule has 8 heteroatoms. The Labute approximate surface area is 286 Å². The lowest BCUT2D eigenvalue weighted by Crippen LogP contribution is -2.55. The van der Waals surface area contributed by atoms with Crippen LogP contribution in [0.1, 0.15) is 129 Å². The Balaban J connectivity index is 4.44. The van der Waals surface area contributed by atoms with Crippen molar-refractivity contribution in [3.05, 3.63) is 48.6 Å². The predicted octanol–water partition coefficient (Wildman–Crippen LogP) is 7.57. The summed E-state index contributed by atoms with van der Waals surface area (Å²) in [6, 6.07) is -0.731. The minimum Gasteiger partial charge on any atom is -0.544 e.